The highest BCUT2D eigenvalue weighted by atomic mass is 32.2. The van der Waals surface area contributed by atoms with E-state index in [0.717, 1.165) is 61.2 Å². The Labute approximate surface area is 179 Å². The summed E-state index contributed by atoms with van der Waals surface area (Å²) >= 11 is 3.32. The van der Waals surface area contributed by atoms with Crippen molar-refractivity contribution in [3.05, 3.63) is 26.6 Å². The summed E-state index contributed by atoms with van der Waals surface area (Å²) in [5, 5.41) is 3.99. The minimum atomic E-state index is -0.00418. The van der Waals surface area contributed by atoms with Gasteiger partial charge in [0.1, 0.15) is 10.7 Å². The van der Waals surface area contributed by atoms with Crippen LogP contribution in [0.25, 0.3) is 10.2 Å². The van der Waals surface area contributed by atoms with Crippen molar-refractivity contribution in [3.63, 3.8) is 0 Å². The number of fused-ring (bicyclic) bond motifs is 3. The molecule has 2 aromatic heterocycles. The lowest BCUT2D eigenvalue weighted by Gasteiger charge is -2.34. The minimum Gasteiger partial charge on any atom is -0.353 e. The van der Waals surface area contributed by atoms with E-state index in [-0.39, 0.29) is 11.5 Å². The molecule has 0 unspecified atom stereocenters. The van der Waals surface area contributed by atoms with Crippen molar-refractivity contribution in [1.82, 2.24) is 20.2 Å². The fourth-order valence-electron chi connectivity index (χ4n) is 4.31. The number of H-pyrrole nitrogens is 1. The van der Waals surface area contributed by atoms with Gasteiger partial charge in [0, 0.05) is 42.2 Å². The molecule has 1 aliphatic heterocycles. The number of nitrogens with one attached hydrogen (secondary N) is 2. The van der Waals surface area contributed by atoms with Crippen LogP contribution in [0.3, 0.4) is 0 Å². The number of aromatic amines is 1. The van der Waals surface area contributed by atoms with Gasteiger partial charge in [-0.1, -0.05) is 0 Å². The van der Waals surface area contributed by atoms with Crippen molar-refractivity contribution < 1.29 is 4.79 Å². The molecule has 8 heteroatoms. The van der Waals surface area contributed by atoms with Crippen molar-refractivity contribution >= 4 is 39.2 Å². The third-order valence-corrected chi connectivity index (χ3v) is 8.12. The molecule has 1 fully saturated rings. The van der Waals surface area contributed by atoms with Gasteiger partial charge in [-0.05, 0) is 51.5 Å². The predicted molar refractivity (Wildman–Crippen MR) is 121 cm³/mol. The van der Waals surface area contributed by atoms with Crippen LogP contribution in [0.2, 0.25) is 0 Å². The van der Waals surface area contributed by atoms with E-state index in [4.69, 9.17) is 0 Å². The average molecular weight is 435 g/mol. The number of rotatable bonds is 7. The number of carbonyl (C=O) groups is 1. The maximum absolute atomic E-state index is 12.5. The van der Waals surface area contributed by atoms with Gasteiger partial charge in [0.2, 0.25) is 5.91 Å². The van der Waals surface area contributed by atoms with Gasteiger partial charge >= 0.3 is 0 Å². The lowest BCUT2D eigenvalue weighted by atomic mass is 10.0. The van der Waals surface area contributed by atoms with E-state index in [0.29, 0.717) is 30.1 Å². The summed E-state index contributed by atoms with van der Waals surface area (Å²) in [4.78, 5) is 37.0. The number of amides is 1. The highest BCUT2D eigenvalue weighted by molar-refractivity contribution is 7.98. The highest BCUT2D eigenvalue weighted by Crippen LogP contribution is 2.34. The second-order valence-electron chi connectivity index (χ2n) is 8.32. The van der Waals surface area contributed by atoms with Gasteiger partial charge in [-0.3, -0.25) is 9.59 Å². The van der Waals surface area contributed by atoms with Gasteiger partial charge in [0.25, 0.3) is 5.56 Å². The Bertz CT molecular complexity index is 929. The number of carbonyl (C=O) groups excluding carboxylic acids is 1. The molecule has 1 saturated heterocycles. The van der Waals surface area contributed by atoms with Crippen LogP contribution in [-0.4, -0.2) is 51.7 Å². The number of likely N-dealkylation sites (tertiary alicyclic amines) is 1. The van der Waals surface area contributed by atoms with Gasteiger partial charge in [0.05, 0.1) is 11.1 Å². The molecule has 0 saturated carbocycles. The lowest BCUT2D eigenvalue weighted by Crippen LogP contribution is -2.46. The molecule has 2 N–H and O–H groups in total. The van der Waals surface area contributed by atoms with Crippen molar-refractivity contribution in [2.24, 2.45) is 0 Å². The fraction of sp³-hybridized carbons (Fsp3) is 0.667. The summed E-state index contributed by atoms with van der Waals surface area (Å²) < 4.78 is 0. The van der Waals surface area contributed by atoms with Crippen LogP contribution in [0.5, 0.6) is 0 Å². The molecular weight excluding hydrogens is 404 g/mol. The molecule has 1 amide bonds. The smallest absolute Gasteiger partial charge is 0.259 e. The summed E-state index contributed by atoms with van der Waals surface area (Å²) in [7, 11) is 0. The third-order valence-electron chi connectivity index (χ3n) is 5.96. The Hall–Kier alpha value is -1.38. The number of thioether (sulfide) groups is 1. The first-order valence-corrected chi connectivity index (χ1v) is 12.6. The minimum absolute atomic E-state index is 0.00418. The first kappa shape index (κ1) is 20.9. The molecule has 2 aliphatic rings. The number of nitrogens with zero attached hydrogens (tertiary/aromatic N) is 2. The first-order valence-electron chi connectivity index (χ1n) is 10.7. The van der Waals surface area contributed by atoms with E-state index >= 15 is 0 Å². The SMILES string of the molecule is CC(C)N1CCC(NC(=O)CCSCc2nc3sc4c(c3c(=O)[nH]2)CCC4)CC1. The van der Waals surface area contributed by atoms with Crippen molar-refractivity contribution in [2.45, 2.75) is 70.2 Å². The Balaban J connectivity index is 1.22. The summed E-state index contributed by atoms with van der Waals surface area (Å²) in [5.74, 6) is 2.22. The molecule has 158 valence electrons. The Morgan fingerprint density at radius 2 is 2.14 bits per heavy atom. The lowest BCUT2D eigenvalue weighted by molar-refractivity contribution is -0.121. The summed E-state index contributed by atoms with van der Waals surface area (Å²) in [6.07, 6.45) is 5.80. The largest absolute Gasteiger partial charge is 0.353 e. The molecular formula is C21H30N4O2S2. The zero-order valence-corrected chi connectivity index (χ0v) is 18.9. The van der Waals surface area contributed by atoms with E-state index in [1.807, 2.05) is 0 Å². The first-order chi connectivity index (χ1) is 14.0. The number of aromatic nitrogens is 2. The Morgan fingerprint density at radius 1 is 1.34 bits per heavy atom. The number of piperidine rings is 1. The number of thiophene rings is 1. The quantitative estimate of drug-likeness (QED) is 0.655. The molecule has 0 aromatic carbocycles. The molecule has 0 atom stereocenters. The number of aryl methyl sites for hydroxylation is 2. The predicted octanol–water partition coefficient (Wildman–Crippen LogP) is 3.09. The maximum Gasteiger partial charge on any atom is 0.259 e. The Morgan fingerprint density at radius 3 is 2.90 bits per heavy atom. The highest BCUT2D eigenvalue weighted by Gasteiger charge is 2.22. The average Bonchev–Trinajstić information content (AvgIpc) is 3.26. The molecule has 0 radical (unpaired) electrons. The van der Waals surface area contributed by atoms with E-state index in [9.17, 15) is 9.59 Å². The molecule has 0 spiro atoms. The Kier molecular flexibility index (Phi) is 6.61. The monoisotopic (exact) mass is 434 g/mol. The molecule has 1 aliphatic carbocycles. The molecule has 0 bridgehead atoms. The molecule has 2 aromatic rings. The van der Waals surface area contributed by atoms with Gasteiger partial charge in [-0.15, -0.1) is 11.3 Å². The van der Waals surface area contributed by atoms with Crippen LogP contribution < -0.4 is 10.9 Å². The van der Waals surface area contributed by atoms with Gasteiger partial charge in [-0.25, -0.2) is 4.98 Å². The van der Waals surface area contributed by atoms with E-state index in [1.165, 1.54) is 10.4 Å². The maximum atomic E-state index is 12.5. The standard InChI is InChI=1S/C21H30N4O2S2/c1-13(2)25-9-6-14(7-10-25)22-18(26)8-11-28-12-17-23-20(27)19-15-4-3-5-16(15)29-21(19)24-17/h13-14H,3-12H2,1-2H3,(H,22,26)(H,23,24,27). The number of hydrogen-bond acceptors (Lipinski definition) is 6. The van der Waals surface area contributed by atoms with Crippen LogP contribution in [0.4, 0.5) is 0 Å². The van der Waals surface area contributed by atoms with E-state index < -0.39 is 0 Å². The molecule has 29 heavy (non-hydrogen) atoms. The van der Waals surface area contributed by atoms with Crippen LogP contribution in [0.15, 0.2) is 4.79 Å². The van der Waals surface area contributed by atoms with Crippen molar-refractivity contribution in [2.75, 3.05) is 18.8 Å². The van der Waals surface area contributed by atoms with Crippen molar-refractivity contribution in [1.29, 1.82) is 0 Å². The van der Waals surface area contributed by atoms with Gasteiger partial charge in [0.15, 0.2) is 0 Å². The van der Waals surface area contributed by atoms with Gasteiger partial charge < -0.3 is 15.2 Å². The normalized spacial score (nSPS) is 17.9. The van der Waals surface area contributed by atoms with Gasteiger partial charge in [-0.2, -0.15) is 11.8 Å². The zero-order chi connectivity index (χ0) is 20.4. The second kappa shape index (κ2) is 9.18. The summed E-state index contributed by atoms with van der Waals surface area (Å²) in [5.41, 5.74) is 1.21. The zero-order valence-electron chi connectivity index (χ0n) is 17.3. The van der Waals surface area contributed by atoms with Crippen LogP contribution >= 0.6 is 23.1 Å². The molecule has 6 nitrogen and oxygen atoms in total. The summed E-state index contributed by atoms with van der Waals surface area (Å²) in [6, 6.07) is 0.890. The van der Waals surface area contributed by atoms with E-state index in [2.05, 4.69) is 34.0 Å². The van der Waals surface area contributed by atoms with Crippen LogP contribution in [0.1, 0.15) is 55.8 Å². The fourth-order valence-corrected chi connectivity index (χ4v) is 6.39. The van der Waals surface area contributed by atoms with Crippen molar-refractivity contribution in [3.8, 4) is 0 Å². The van der Waals surface area contributed by atoms with E-state index in [1.54, 1.807) is 23.1 Å². The molecule has 4 rings (SSSR count). The topological polar surface area (TPSA) is 78.1 Å². The van der Waals surface area contributed by atoms with Crippen LogP contribution in [-0.2, 0) is 23.4 Å². The third kappa shape index (κ3) is 4.86. The number of hydrogen-bond donors (Lipinski definition) is 2. The summed E-state index contributed by atoms with van der Waals surface area (Å²) in [6.45, 7) is 6.57. The second-order valence-corrected chi connectivity index (χ2v) is 10.5. The molecule has 3 heterocycles. The van der Waals surface area contributed by atoms with Crippen LogP contribution in [0, 0.1) is 0 Å².